The Bertz CT molecular complexity index is 490. The highest BCUT2D eigenvalue weighted by atomic mass is 32.1. The first-order valence-corrected chi connectivity index (χ1v) is 6.94. The maximum atomic E-state index is 4.33. The van der Waals surface area contributed by atoms with Gasteiger partial charge in [0.1, 0.15) is 17.0 Å². The zero-order chi connectivity index (χ0) is 11.5. The van der Waals surface area contributed by atoms with E-state index in [1.54, 1.807) is 17.7 Å². The molecule has 0 saturated carbocycles. The van der Waals surface area contributed by atoms with Crippen molar-refractivity contribution in [2.45, 2.75) is 12.8 Å². The third kappa shape index (κ3) is 2.40. The quantitative estimate of drug-likeness (QED) is 0.873. The Balaban J connectivity index is 1.69. The van der Waals surface area contributed by atoms with Gasteiger partial charge in [-0.15, -0.1) is 11.3 Å². The number of nitrogens with one attached hydrogen (secondary N) is 2. The number of thiophene rings is 1. The summed E-state index contributed by atoms with van der Waals surface area (Å²) in [5.41, 5.74) is 0. The van der Waals surface area contributed by atoms with Crippen LogP contribution in [0.1, 0.15) is 12.8 Å². The lowest BCUT2D eigenvalue weighted by atomic mass is 9.98. The molecule has 0 atom stereocenters. The number of rotatable bonds is 3. The predicted molar refractivity (Wildman–Crippen MR) is 71.5 cm³/mol. The van der Waals surface area contributed by atoms with Gasteiger partial charge in [0.15, 0.2) is 0 Å². The van der Waals surface area contributed by atoms with Gasteiger partial charge < -0.3 is 10.6 Å². The van der Waals surface area contributed by atoms with Gasteiger partial charge in [-0.3, -0.25) is 0 Å². The summed E-state index contributed by atoms with van der Waals surface area (Å²) in [5.74, 6) is 1.75. The van der Waals surface area contributed by atoms with Gasteiger partial charge in [-0.1, -0.05) is 0 Å². The highest BCUT2D eigenvalue weighted by Crippen LogP contribution is 2.24. The van der Waals surface area contributed by atoms with E-state index in [2.05, 4.69) is 32.0 Å². The van der Waals surface area contributed by atoms with Crippen LogP contribution in [0.4, 0.5) is 5.82 Å². The van der Waals surface area contributed by atoms with E-state index in [-0.39, 0.29) is 0 Å². The lowest BCUT2D eigenvalue weighted by Crippen LogP contribution is -2.31. The van der Waals surface area contributed by atoms with Crippen LogP contribution >= 0.6 is 11.3 Å². The molecule has 0 amide bonds. The molecule has 4 nitrogen and oxygen atoms in total. The lowest BCUT2D eigenvalue weighted by molar-refractivity contribution is 0.389. The molecule has 0 bridgehead atoms. The van der Waals surface area contributed by atoms with Crippen LogP contribution in [0, 0.1) is 5.92 Å². The van der Waals surface area contributed by atoms with Crippen LogP contribution in [0.15, 0.2) is 17.8 Å². The van der Waals surface area contributed by atoms with Gasteiger partial charge in [-0.05, 0) is 43.3 Å². The van der Waals surface area contributed by atoms with E-state index in [0.29, 0.717) is 0 Å². The number of nitrogens with zero attached hydrogens (tertiary/aromatic N) is 2. The SMILES string of the molecule is c1nc(NCC2CCNCC2)c2ccsc2n1. The number of fused-ring (bicyclic) bond motifs is 1. The maximum absolute atomic E-state index is 4.33. The Hall–Kier alpha value is -1.20. The summed E-state index contributed by atoms with van der Waals surface area (Å²) >= 11 is 1.66. The van der Waals surface area contributed by atoms with E-state index in [0.717, 1.165) is 41.6 Å². The van der Waals surface area contributed by atoms with Crippen LogP contribution in [0.3, 0.4) is 0 Å². The van der Waals surface area contributed by atoms with E-state index in [4.69, 9.17) is 0 Å². The van der Waals surface area contributed by atoms with E-state index >= 15 is 0 Å². The van der Waals surface area contributed by atoms with E-state index in [9.17, 15) is 0 Å². The number of piperidine rings is 1. The van der Waals surface area contributed by atoms with Crippen molar-refractivity contribution in [3.8, 4) is 0 Å². The lowest BCUT2D eigenvalue weighted by Gasteiger charge is -2.23. The third-order valence-corrected chi connectivity index (χ3v) is 4.10. The van der Waals surface area contributed by atoms with Crippen LogP contribution in [0.2, 0.25) is 0 Å². The monoisotopic (exact) mass is 248 g/mol. The molecule has 17 heavy (non-hydrogen) atoms. The maximum Gasteiger partial charge on any atom is 0.138 e. The van der Waals surface area contributed by atoms with Gasteiger partial charge in [0.05, 0.1) is 5.39 Å². The Kier molecular flexibility index (Phi) is 3.20. The molecule has 3 heterocycles. The Morgan fingerprint density at radius 1 is 1.35 bits per heavy atom. The van der Waals surface area contributed by atoms with Crippen LogP contribution in [0.5, 0.6) is 0 Å². The van der Waals surface area contributed by atoms with Crippen molar-refractivity contribution < 1.29 is 0 Å². The van der Waals surface area contributed by atoms with Crippen molar-refractivity contribution in [2.24, 2.45) is 5.92 Å². The highest BCUT2D eigenvalue weighted by molar-refractivity contribution is 7.16. The third-order valence-electron chi connectivity index (χ3n) is 3.28. The highest BCUT2D eigenvalue weighted by Gasteiger charge is 2.13. The van der Waals surface area contributed by atoms with Crippen LogP contribution in [-0.2, 0) is 0 Å². The molecule has 0 radical (unpaired) electrons. The molecule has 0 unspecified atom stereocenters. The summed E-state index contributed by atoms with van der Waals surface area (Å²) in [7, 11) is 0. The Labute approximate surface area is 104 Å². The first-order valence-electron chi connectivity index (χ1n) is 6.06. The summed E-state index contributed by atoms with van der Waals surface area (Å²) in [6, 6.07) is 2.09. The van der Waals surface area contributed by atoms with Crippen molar-refractivity contribution in [1.82, 2.24) is 15.3 Å². The summed E-state index contributed by atoms with van der Waals surface area (Å²) in [4.78, 5) is 9.65. The number of anilines is 1. The van der Waals surface area contributed by atoms with Crippen molar-refractivity contribution in [3.05, 3.63) is 17.8 Å². The average Bonchev–Trinajstić information content (AvgIpc) is 2.86. The topological polar surface area (TPSA) is 49.8 Å². The zero-order valence-corrected chi connectivity index (χ0v) is 10.5. The largest absolute Gasteiger partial charge is 0.369 e. The molecule has 0 spiro atoms. The first-order chi connectivity index (χ1) is 8.43. The van der Waals surface area contributed by atoms with Crippen molar-refractivity contribution in [3.63, 3.8) is 0 Å². The molecule has 3 rings (SSSR count). The van der Waals surface area contributed by atoms with Gasteiger partial charge in [0.25, 0.3) is 0 Å². The second kappa shape index (κ2) is 4.98. The molecule has 1 fully saturated rings. The minimum absolute atomic E-state index is 0.764. The molecule has 5 heteroatoms. The molecule has 1 saturated heterocycles. The smallest absolute Gasteiger partial charge is 0.138 e. The second-order valence-corrected chi connectivity index (χ2v) is 5.33. The molecule has 1 aliphatic rings. The Morgan fingerprint density at radius 3 is 3.12 bits per heavy atom. The van der Waals surface area contributed by atoms with Crippen LogP contribution < -0.4 is 10.6 Å². The zero-order valence-electron chi connectivity index (χ0n) is 9.65. The van der Waals surface area contributed by atoms with E-state index < -0.39 is 0 Å². The Morgan fingerprint density at radius 2 is 2.24 bits per heavy atom. The number of hydrogen-bond donors (Lipinski definition) is 2. The standard InChI is InChI=1S/C12H16N4S/c1-4-13-5-2-9(1)7-14-11-10-3-6-17-12(10)16-8-15-11/h3,6,8-9,13H,1-2,4-5,7H2,(H,14,15,16). The van der Waals surface area contributed by atoms with Gasteiger partial charge in [0.2, 0.25) is 0 Å². The van der Waals surface area contributed by atoms with Crippen molar-refractivity contribution in [2.75, 3.05) is 25.0 Å². The molecule has 2 N–H and O–H groups in total. The molecular formula is C12H16N4S. The van der Waals surface area contributed by atoms with Gasteiger partial charge in [-0.25, -0.2) is 9.97 Å². The molecule has 0 aliphatic carbocycles. The molecular weight excluding hydrogens is 232 g/mol. The van der Waals surface area contributed by atoms with Crippen molar-refractivity contribution >= 4 is 27.4 Å². The summed E-state index contributed by atoms with van der Waals surface area (Å²) < 4.78 is 0. The molecule has 90 valence electrons. The summed E-state index contributed by atoms with van der Waals surface area (Å²) in [6.07, 6.45) is 4.15. The van der Waals surface area contributed by atoms with Gasteiger partial charge in [-0.2, -0.15) is 0 Å². The molecule has 2 aromatic heterocycles. The fourth-order valence-electron chi connectivity index (χ4n) is 2.26. The normalized spacial score (nSPS) is 17.4. The summed E-state index contributed by atoms with van der Waals surface area (Å²) in [5, 5.41) is 10.1. The number of aromatic nitrogens is 2. The minimum atomic E-state index is 0.764. The molecule has 1 aliphatic heterocycles. The molecule has 0 aromatic carbocycles. The number of hydrogen-bond acceptors (Lipinski definition) is 5. The average molecular weight is 248 g/mol. The van der Waals surface area contributed by atoms with Gasteiger partial charge in [0, 0.05) is 6.54 Å². The van der Waals surface area contributed by atoms with Crippen LogP contribution in [-0.4, -0.2) is 29.6 Å². The minimum Gasteiger partial charge on any atom is -0.369 e. The van der Waals surface area contributed by atoms with Gasteiger partial charge >= 0.3 is 0 Å². The molecule has 2 aromatic rings. The van der Waals surface area contributed by atoms with E-state index in [1.165, 1.54) is 12.8 Å². The van der Waals surface area contributed by atoms with Crippen molar-refractivity contribution in [1.29, 1.82) is 0 Å². The first kappa shape index (κ1) is 10.9. The predicted octanol–water partition coefficient (Wildman–Crippen LogP) is 2.10. The fourth-order valence-corrected chi connectivity index (χ4v) is 2.99. The fraction of sp³-hybridized carbons (Fsp3) is 0.500. The van der Waals surface area contributed by atoms with E-state index in [1.807, 2.05) is 0 Å². The summed E-state index contributed by atoms with van der Waals surface area (Å²) in [6.45, 7) is 3.30. The second-order valence-electron chi connectivity index (χ2n) is 4.44. The van der Waals surface area contributed by atoms with Crippen LogP contribution in [0.25, 0.3) is 10.2 Å².